The minimum atomic E-state index is 0. The van der Waals surface area contributed by atoms with Crippen LogP contribution in [0.1, 0.15) is 0 Å². The molecule has 0 aromatic carbocycles. The van der Waals surface area contributed by atoms with E-state index in [1.807, 2.05) is 14.7 Å². The van der Waals surface area contributed by atoms with Crippen molar-refractivity contribution in [2.45, 2.75) is 6.82 Å². The van der Waals surface area contributed by atoms with Gasteiger partial charge in [-0.25, -0.2) is 0 Å². The van der Waals surface area contributed by atoms with Crippen molar-refractivity contribution in [1.82, 2.24) is 0 Å². The fourth-order valence-electron chi connectivity index (χ4n) is 0. The first-order valence-electron chi connectivity index (χ1n) is 1.00. The van der Waals surface area contributed by atoms with Crippen molar-refractivity contribution in [3.8, 4) is 0 Å². The predicted molar refractivity (Wildman–Crippen MR) is 14.4 cm³/mol. The number of rotatable bonds is 0. The topological polar surface area (TPSA) is 0 Å². The second-order valence-electron chi connectivity index (χ2n) is 0. The maximum Gasteiger partial charge on any atom is 0.0973 e. The minimum absolute atomic E-state index is 0. The third-order valence-corrected chi connectivity index (χ3v) is 0. The van der Waals surface area contributed by atoms with Crippen LogP contribution in [0.4, 0.5) is 0 Å². The van der Waals surface area contributed by atoms with Crippen molar-refractivity contribution in [1.29, 1.82) is 0 Å². The predicted octanol–water partition coefficient (Wildman–Crippen LogP) is -0.337. The summed E-state index contributed by atoms with van der Waals surface area (Å²) in [6, 6.07) is 0. The Bertz CT molecular complexity index is 8.00. The molecule has 0 rings (SSSR count). The second kappa shape index (κ2) is 30.3. The van der Waals surface area contributed by atoms with Gasteiger partial charge in [-0.15, -0.1) is 0 Å². The molecular weight excluding hydrogens is 126 g/mol. The van der Waals surface area contributed by atoms with Crippen LogP contribution in [0.25, 0.3) is 0 Å². The molecule has 0 bridgehead atoms. The molecule has 0 saturated carbocycles. The van der Waals surface area contributed by atoms with Crippen LogP contribution in [-0.4, -0.2) is 7.85 Å². The van der Waals surface area contributed by atoms with Crippen molar-refractivity contribution in [2.75, 3.05) is 0 Å². The normalized spacial score (nSPS) is 1.25. The Morgan fingerprint density at radius 1 is 1.25 bits per heavy atom. The van der Waals surface area contributed by atoms with Crippen LogP contribution in [0.5, 0.6) is 0 Å². The Morgan fingerprint density at radius 2 is 1.25 bits per heavy atom. The number of hydrogen-bond acceptors (Lipinski definition) is 0. The molecule has 0 heterocycles. The van der Waals surface area contributed by atoms with E-state index in [0.717, 1.165) is 0 Å². The van der Waals surface area contributed by atoms with E-state index in [-0.39, 0.29) is 35.9 Å². The van der Waals surface area contributed by atoms with Gasteiger partial charge in [0.2, 0.25) is 0 Å². The first kappa shape index (κ1) is 19.0. The molecule has 0 spiro atoms. The van der Waals surface area contributed by atoms with E-state index in [1.54, 1.807) is 0 Å². The van der Waals surface area contributed by atoms with Crippen molar-refractivity contribution in [3.63, 3.8) is 0 Å². The van der Waals surface area contributed by atoms with E-state index < -0.39 is 0 Å². The molecule has 0 N–H and O–H groups in total. The van der Waals surface area contributed by atoms with Crippen LogP contribution < -0.4 is 0 Å². The van der Waals surface area contributed by atoms with Gasteiger partial charge in [0, 0.05) is 35.9 Å². The molecule has 1 radical (unpaired) electrons. The molecule has 0 atom stereocenters. The standard InChI is InChI=1S/CH5B.Cr.V/c1-2;;/h2H2,1H3;;. The van der Waals surface area contributed by atoms with Crippen LogP contribution in [-0.2, 0) is 35.9 Å². The fourth-order valence-corrected chi connectivity index (χ4v) is 0. The van der Waals surface area contributed by atoms with Crippen LogP contribution in [0.2, 0.25) is 6.82 Å². The molecule has 0 unspecified atom stereocenters. The van der Waals surface area contributed by atoms with E-state index in [4.69, 9.17) is 0 Å². The summed E-state index contributed by atoms with van der Waals surface area (Å²) in [6.07, 6.45) is 0. The van der Waals surface area contributed by atoms with Crippen LogP contribution in [0.15, 0.2) is 0 Å². The molecule has 0 aliphatic rings. The molecule has 0 aromatic rings. The quantitative estimate of drug-likeness (QED) is 0.394. The van der Waals surface area contributed by atoms with E-state index in [2.05, 4.69) is 0 Å². The van der Waals surface area contributed by atoms with Gasteiger partial charge in [-0.2, -0.15) is 0 Å². The maximum atomic E-state index is 2.00. The molecule has 23 valence electrons. The zero-order valence-electron chi connectivity index (χ0n) is 2.86. The summed E-state index contributed by atoms with van der Waals surface area (Å²) in [5.41, 5.74) is 0. The number of hydrogen-bond donors (Lipinski definition) is 0. The van der Waals surface area contributed by atoms with Gasteiger partial charge in [0.25, 0.3) is 0 Å². The molecule has 3 heteroatoms. The molecule has 0 saturated heterocycles. The molecule has 0 nitrogen and oxygen atoms in total. The molecule has 4 heavy (non-hydrogen) atoms. The maximum absolute atomic E-state index is 2.00. The van der Waals surface area contributed by atoms with Gasteiger partial charge in [-0.1, -0.05) is 6.82 Å². The molecule has 0 fully saturated rings. The van der Waals surface area contributed by atoms with Gasteiger partial charge in [-0.05, 0) is 0 Å². The average Bonchev–Trinajstić information content (AvgIpc) is 1.00. The Kier molecular flexibility index (Phi) is 144. The van der Waals surface area contributed by atoms with E-state index in [1.165, 1.54) is 0 Å². The van der Waals surface area contributed by atoms with Crippen molar-refractivity contribution in [2.24, 2.45) is 0 Å². The monoisotopic (exact) mass is 131 g/mol. The van der Waals surface area contributed by atoms with Gasteiger partial charge >= 0.3 is 0 Å². The summed E-state index contributed by atoms with van der Waals surface area (Å²) in [5, 5.41) is 0. The summed E-state index contributed by atoms with van der Waals surface area (Å²) < 4.78 is 0. The Labute approximate surface area is 50.8 Å². The Morgan fingerprint density at radius 3 is 1.25 bits per heavy atom. The van der Waals surface area contributed by atoms with Crippen molar-refractivity contribution in [3.05, 3.63) is 0 Å². The van der Waals surface area contributed by atoms with Crippen molar-refractivity contribution >= 4 is 7.85 Å². The Hall–Kier alpha value is 1.18. The van der Waals surface area contributed by atoms with Crippen LogP contribution >= 0.6 is 0 Å². The van der Waals surface area contributed by atoms with E-state index in [0.29, 0.717) is 0 Å². The van der Waals surface area contributed by atoms with Gasteiger partial charge in [0.1, 0.15) is 0 Å². The third-order valence-electron chi connectivity index (χ3n) is 0. The first-order chi connectivity index (χ1) is 1.00. The summed E-state index contributed by atoms with van der Waals surface area (Å²) in [5.74, 6) is 0. The molecule has 0 aliphatic carbocycles. The molecule has 0 aliphatic heterocycles. The average molecular weight is 131 g/mol. The molecular formula is CH5BCrV. The van der Waals surface area contributed by atoms with E-state index >= 15 is 0 Å². The van der Waals surface area contributed by atoms with Gasteiger partial charge < -0.3 is 0 Å². The summed E-state index contributed by atoms with van der Waals surface area (Å²) >= 11 is 0. The summed E-state index contributed by atoms with van der Waals surface area (Å²) in [4.78, 5) is 0. The fraction of sp³-hybridized carbons (Fsp3) is 1.00. The van der Waals surface area contributed by atoms with Crippen LogP contribution in [0, 0.1) is 0 Å². The second-order valence-corrected chi connectivity index (χ2v) is 0. The first-order valence-corrected chi connectivity index (χ1v) is 1.00. The van der Waals surface area contributed by atoms with Gasteiger partial charge in [0.05, 0.1) is 7.85 Å². The molecule has 0 aromatic heterocycles. The molecule has 0 amide bonds. The third kappa shape index (κ3) is 10.8. The van der Waals surface area contributed by atoms with Crippen molar-refractivity contribution < 1.29 is 35.9 Å². The summed E-state index contributed by atoms with van der Waals surface area (Å²) in [7, 11) is 2.00. The minimum Gasteiger partial charge on any atom is -0.0927 e. The summed E-state index contributed by atoms with van der Waals surface area (Å²) in [6.45, 7) is 2.00. The Balaban J connectivity index is -0.00000000500. The van der Waals surface area contributed by atoms with Crippen LogP contribution in [0.3, 0.4) is 0 Å². The smallest absolute Gasteiger partial charge is 0.0927 e. The SMILES string of the molecule is BC.[Cr].[V]. The largest absolute Gasteiger partial charge is 0.0973 e. The van der Waals surface area contributed by atoms with E-state index in [9.17, 15) is 0 Å². The van der Waals surface area contributed by atoms with Gasteiger partial charge in [-0.3, -0.25) is 0 Å². The zero-order chi connectivity index (χ0) is 2.00. The zero-order valence-corrected chi connectivity index (χ0v) is 5.53. The van der Waals surface area contributed by atoms with Gasteiger partial charge in [0.15, 0.2) is 0 Å².